The molecular weight excluding hydrogens is 475 g/mol. The molecular formula is C16H26F7OPRh+. The van der Waals surface area contributed by atoms with Crippen molar-refractivity contribution in [1.82, 2.24) is 0 Å². The van der Waals surface area contributed by atoms with Crippen LogP contribution < -0.4 is 0 Å². The normalized spacial score (nSPS) is 17.9. The maximum Gasteiger partial charge on any atom is 2.00 e. The Kier molecular flexibility index (Phi) is 17.9. The summed E-state index contributed by atoms with van der Waals surface area (Å²) in [6, 6.07) is 0. The predicted octanol–water partition coefficient (Wildman–Crippen LogP) is 6.11. The van der Waals surface area contributed by atoms with Gasteiger partial charge in [0.2, 0.25) is 0 Å². The summed E-state index contributed by atoms with van der Waals surface area (Å²) >= 11 is 0. The van der Waals surface area contributed by atoms with Gasteiger partial charge in [0.1, 0.15) is 0 Å². The molecule has 1 saturated carbocycles. The van der Waals surface area contributed by atoms with Gasteiger partial charge in [0.25, 0.3) is 5.92 Å². The standard InChI is InChI=1S/C10H15.C3F7.C3H9P.H2O.Rh/c1-6-7(2)9(4)10(5)8(6)3;4-1(5)2(6,7)3(8,9)10;1-4(2)3;;/h1-5H3;;1-3H3;1H2;/q;-1;;;+2. The van der Waals surface area contributed by atoms with Gasteiger partial charge in [-0.2, -0.15) is 13.2 Å². The molecule has 0 spiro atoms. The third-order valence-corrected chi connectivity index (χ3v) is 3.41. The molecule has 0 aliphatic heterocycles. The smallest absolute Gasteiger partial charge is 0.415 e. The van der Waals surface area contributed by atoms with Crippen LogP contribution in [0.3, 0.4) is 0 Å². The molecule has 1 rings (SSSR count). The van der Waals surface area contributed by atoms with Gasteiger partial charge in [0, 0.05) is 0 Å². The second-order valence-corrected chi connectivity index (χ2v) is 8.48. The van der Waals surface area contributed by atoms with Crippen LogP contribution in [0, 0.1) is 36.0 Å². The number of alkyl halides is 5. The van der Waals surface area contributed by atoms with E-state index in [1.54, 1.807) is 0 Å². The maximum atomic E-state index is 11.1. The summed E-state index contributed by atoms with van der Waals surface area (Å²) in [6.45, 7) is 17.7. The number of halogens is 7. The van der Waals surface area contributed by atoms with Crippen LogP contribution in [-0.4, -0.2) is 37.6 Å². The molecule has 1 fully saturated rings. The van der Waals surface area contributed by atoms with Crippen molar-refractivity contribution >= 4 is 7.92 Å². The quantitative estimate of drug-likeness (QED) is 0.180. The van der Waals surface area contributed by atoms with Crippen LogP contribution in [0.4, 0.5) is 30.7 Å². The molecule has 6 radical (unpaired) electrons. The van der Waals surface area contributed by atoms with Gasteiger partial charge in [0.05, 0.1) is 6.43 Å². The van der Waals surface area contributed by atoms with Gasteiger partial charge in [-0.3, -0.25) is 0 Å². The van der Waals surface area contributed by atoms with Gasteiger partial charge >= 0.3 is 25.7 Å². The Morgan fingerprint density at radius 3 is 0.846 bits per heavy atom. The molecule has 0 heterocycles. The molecule has 10 heteroatoms. The topological polar surface area (TPSA) is 31.5 Å². The van der Waals surface area contributed by atoms with Crippen LogP contribution in [0.15, 0.2) is 0 Å². The zero-order valence-electron chi connectivity index (χ0n) is 15.9. The van der Waals surface area contributed by atoms with Crippen molar-refractivity contribution in [2.45, 2.75) is 46.7 Å². The van der Waals surface area contributed by atoms with E-state index in [-0.39, 0.29) is 25.0 Å². The summed E-state index contributed by atoms with van der Waals surface area (Å²) in [5.74, 6) is 1.36. The molecule has 158 valence electrons. The third-order valence-electron chi connectivity index (χ3n) is 3.41. The molecule has 0 aromatic rings. The Balaban J connectivity index is -0.000000146. The van der Waals surface area contributed by atoms with Crippen LogP contribution in [-0.2, 0) is 19.5 Å². The van der Waals surface area contributed by atoms with Crippen LogP contribution in [0.5, 0.6) is 0 Å². The first-order valence-electron chi connectivity index (χ1n) is 6.91. The Morgan fingerprint density at radius 2 is 0.808 bits per heavy atom. The van der Waals surface area contributed by atoms with Crippen LogP contribution >= 0.6 is 7.92 Å². The van der Waals surface area contributed by atoms with Gasteiger partial charge in [-0.25, -0.2) is 8.78 Å². The maximum absolute atomic E-state index is 11.1. The zero-order chi connectivity index (χ0) is 20.0. The van der Waals surface area contributed by atoms with Gasteiger partial charge in [0.15, 0.2) is 0 Å². The summed E-state index contributed by atoms with van der Waals surface area (Å²) in [5, 5.41) is 0. The van der Waals surface area contributed by atoms with Gasteiger partial charge < -0.3 is 14.3 Å². The van der Waals surface area contributed by atoms with Gasteiger partial charge in [-0.05, 0) is 49.6 Å². The molecule has 26 heavy (non-hydrogen) atoms. The monoisotopic (exact) mass is 501 g/mol. The summed E-state index contributed by atoms with van der Waals surface area (Å²) in [7, 11) is 0.380. The minimum Gasteiger partial charge on any atom is -0.415 e. The average Bonchev–Trinajstić information content (AvgIpc) is 2.56. The van der Waals surface area contributed by atoms with Crippen molar-refractivity contribution in [1.29, 1.82) is 0 Å². The fourth-order valence-electron chi connectivity index (χ4n) is 1.51. The number of hydrogen-bond donors (Lipinski definition) is 0. The number of hydrogen-bond acceptors (Lipinski definition) is 0. The fraction of sp³-hybridized carbons (Fsp3) is 0.625. The molecule has 0 saturated heterocycles. The molecule has 0 atom stereocenters. The molecule has 2 N–H and O–H groups in total. The minimum absolute atomic E-state index is 0. The third kappa shape index (κ3) is 10.8. The zero-order valence-corrected chi connectivity index (χ0v) is 18.5. The molecule has 1 aliphatic carbocycles. The van der Waals surface area contributed by atoms with E-state index in [0.29, 0.717) is 7.92 Å². The molecule has 1 aliphatic rings. The Labute approximate surface area is 166 Å². The summed E-state index contributed by atoms with van der Waals surface area (Å²) < 4.78 is 76.3. The van der Waals surface area contributed by atoms with E-state index >= 15 is 0 Å². The second-order valence-electron chi connectivity index (χ2n) is 5.80. The fourth-order valence-corrected chi connectivity index (χ4v) is 1.51. The summed E-state index contributed by atoms with van der Waals surface area (Å²) in [4.78, 5) is 0. The van der Waals surface area contributed by atoms with Crippen LogP contribution in [0.2, 0.25) is 0 Å². The minimum atomic E-state index is -6.20. The van der Waals surface area contributed by atoms with Gasteiger partial charge in [-0.15, -0.1) is 7.92 Å². The largest absolute Gasteiger partial charge is 2.00 e. The Morgan fingerprint density at radius 1 is 0.654 bits per heavy atom. The summed E-state index contributed by atoms with van der Waals surface area (Å²) in [6.07, 6.45) is -10.1. The van der Waals surface area contributed by atoms with Crippen molar-refractivity contribution < 1.29 is 55.7 Å². The van der Waals surface area contributed by atoms with Crippen LogP contribution in [0.25, 0.3) is 0 Å². The van der Waals surface area contributed by atoms with Crippen molar-refractivity contribution in [3.63, 3.8) is 0 Å². The first kappa shape index (κ1) is 34.1. The first-order valence-corrected chi connectivity index (χ1v) is 9.60. The van der Waals surface area contributed by atoms with Crippen molar-refractivity contribution in [2.75, 3.05) is 20.0 Å². The SMILES string of the molecule is CP(C)C.C[C]1[C](C)[C](C)[C](C)[C]1C.F[C-](F)C(F)(F)C(F)(F)F.O.[Rh+2]. The van der Waals surface area contributed by atoms with Gasteiger partial charge in [-0.1, -0.05) is 34.6 Å². The van der Waals surface area contributed by atoms with E-state index in [9.17, 15) is 30.7 Å². The van der Waals surface area contributed by atoms with E-state index in [1.165, 1.54) is 29.6 Å². The Bertz CT molecular complexity index is 306. The molecule has 0 amide bonds. The van der Waals surface area contributed by atoms with Crippen LogP contribution in [0.1, 0.15) is 34.6 Å². The average molecular weight is 501 g/mol. The molecule has 0 unspecified atom stereocenters. The molecule has 0 bridgehead atoms. The van der Waals surface area contributed by atoms with Crippen molar-refractivity contribution in [3.05, 3.63) is 36.0 Å². The Hall–Kier alpha value is 0.523. The van der Waals surface area contributed by atoms with E-state index in [0.717, 1.165) is 0 Å². The van der Waals surface area contributed by atoms with E-state index in [2.05, 4.69) is 54.6 Å². The first-order chi connectivity index (χ1) is 10.5. The number of rotatable bonds is 1. The molecule has 1 nitrogen and oxygen atoms in total. The summed E-state index contributed by atoms with van der Waals surface area (Å²) in [5.41, 5.74) is 0. The molecule has 0 aromatic carbocycles. The second kappa shape index (κ2) is 13.7. The van der Waals surface area contributed by atoms with E-state index in [4.69, 9.17) is 0 Å². The van der Waals surface area contributed by atoms with E-state index < -0.39 is 18.5 Å². The molecule has 0 aromatic heterocycles. The predicted molar refractivity (Wildman–Crippen MR) is 89.4 cm³/mol. The van der Waals surface area contributed by atoms with E-state index in [1.807, 2.05) is 0 Å². The van der Waals surface area contributed by atoms with Crippen molar-refractivity contribution in [2.24, 2.45) is 0 Å². The van der Waals surface area contributed by atoms with Crippen molar-refractivity contribution in [3.8, 4) is 0 Å².